The van der Waals surface area contributed by atoms with Gasteiger partial charge in [0, 0.05) is 40.6 Å². The van der Waals surface area contributed by atoms with E-state index in [1.54, 1.807) is 6.20 Å². The number of thiophene rings is 1. The second-order valence-corrected chi connectivity index (χ2v) is 9.46. The van der Waals surface area contributed by atoms with Gasteiger partial charge in [0.15, 0.2) is 0 Å². The quantitative estimate of drug-likeness (QED) is 0.414. The molecule has 154 valence electrons. The number of aromatic nitrogens is 2. The van der Waals surface area contributed by atoms with Crippen LogP contribution in [0.3, 0.4) is 0 Å². The first-order valence-electron chi connectivity index (χ1n) is 10.6. The summed E-state index contributed by atoms with van der Waals surface area (Å²) in [7, 11) is 0. The predicted octanol–water partition coefficient (Wildman–Crippen LogP) is 6.23. The average Bonchev–Trinajstić information content (AvgIpc) is 3.30. The van der Waals surface area contributed by atoms with Gasteiger partial charge in [-0.05, 0) is 76.4 Å². The number of hydrogen-bond donors (Lipinski definition) is 2. The third-order valence-electron chi connectivity index (χ3n) is 6.09. The Morgan fingerprint density at radius 1 is 1.17 bits per heavy atom. The topological polar surface area (TPSA) is 61.0 Å². The molecule has 0 spiro atoms. The van der Waals surface area contributed by atoms with Crippen molar-refractivity contribution in [3.8, 4) is 0 Å². The van der Waals surface area contributed by atoms with Crippen LogP contribution in [0, 0.1) is 6.92 Å². The van der Waals surface area contributed by atoms with E-state index in [2.05, 4.69) is 65.2 Å². The second-order valence-electron chi connectivity index (χ2n) is 8.40. The number of pyridine rings is 1. The first-order chi connectivity index (χ1) is 14.5. The monoisotopic (exact) mass is 418 g/mol. The van der Waals surface area contributed by atoms with Crippen LogP contribution < -0.4 is 5.32 Å². The molecule has 1 aliphatic rings. The lowest BCUT2D eigenvalue weighted by molar-refractivity contribution is 0.0516. The molecular formula is C24H26N4OS. The lowest BCUT2D eigenvalue weighted by Gasteiger charge is -2.38. The summed E-state index contributed by atoms with van der Waals surface area (Å²) in [5, 5.41) is 4.71. The summed E-state index contributed by atoms with van der Waals surface area (Å²) < 4.78 is 1.02. The molecule has 2 unspecified atom stereocenters. The van der Waals surface area contributed by atoms with Crippen LogP contribution in [-0.4, -0.2) is 32.9 Å². The maximum Gasteiger partial charge on any atom is 0.264 e. The van der Waals surface area contributed by atoms with E-state index in [4.69, 9.17) is 0 Å². The van der Waals surface area contributed by atoms with E-state index in [-0.39, 0.29) is 18.0 Å². The van der Waals surface area contributed by atoms with Crippen LogP contribution >= 0.6 is 11.3 Å². The summed E-state index contributed by atoms with van der Waals surface area (Å²) in [4.78, 5) is 24.0. The molecule has 0 bridgehead atoms. The fourth-order valence-corrected chi connectivity index (χ4v) is 5.63. The number of carbonyl (C=O) groups is 1. The fourth-order valence-electron chi connectivity index (χ4n) is 4.60. The Hall–Kier alpha value is -2.86. The van der Waals surface area contributed by atoms with Gasteiger partial charge in [-0.15, -0.1) is 11.3 Å². The molecule has 1 aliphatic heterocycles. The molecule has 6 heteroatoms. The van der Waals surface area contributed by atoms with Gasteiger partial charge >= 0.3 is 0 Å². The van der Waals surface area contributed by atoms with Crippen molar-refractivity contribution in [1.29, 1.82) is 0 Å². The predicted molar refractivity (Wildman–Crippen MR) is 125 cm³/mol. The van der Waals surface area contributed by atoms with Gasteiger partial charge in [0.1, 0.15) is 0 Å². The van der Waals surface area contributed by atoms with Crippen LogP contribution in [0.2, 0.25) is 0 Å². The molecule has 5 rings (SSSR count). The van der Waals surface area contributed by atoms with Gasteiger partial charge in [-0.25, -0.2) is 0 Å². The molecule has 5 nitrogen and oxygen atoms in total. The minimum absolute atomic E-state index is 0.132. The number of aromatic amines is 1. The number of nitrogens with zero attached hydrogens (tertiary/aromatic N) is 2. The molecule has 0 saturated carbocycles. The molecular weight excluding hydrogens is 392 g/mol. The molecule has 1 aromatic carbocycles. The Balaban J connectivity index is 1.48. The highest BCUT2D eigenvalue weighted by molar-refractivity contribution is 7.21. The number of H-pyrrole nitrogens is 1. The van der Waals surface area contributed by atoms with E-state index in [1.807, 2.05) is 12.1 Å². The van der Waals surface area contributed by atoms with Crippen LogP contribution in [-0.2, 0) is 0 Å². The van der Waals surface area contributed by atoms with E-state index >= 15 is 0 Å². The van der Waals surface area contributed by atoms with Crippen molar-refractivity contribution in [3.63, 3.8) is 0 Å². The third-order valence-corrected chi connectivity index (χ3v) is 7.23. The van der Waals surface area contributed by atoms with Gasteiger partial charge in [-0.1, -0.05) is 0 Å². The van der Waals surface area contributed by atoms with E-state index in [0.717, 1.165) is 50.5 Å². The Labute approximate surface area is 180 Å². The van der Waals surface area contributed by atoms with Crippen molar-refractivity contribution in [2.24, 2.45) is 0 Å². The number of piperidine rings is 1. The first-order valence-corrected chi connectivity index (χ1v) is 11.4. The second kappa shape index (κ2) is 7.43. The highest BCUT2D eigenvalue weighted by atomic mass is 32.1. The van der Waals surface area contributed by atoms with Crippen molar-refractivity contribution >= 4 is 49.7 Å². The van der Waals surface area contributed by atoms with Crippen LogP contribution in [0.25, 0.3) is 21.1 Å². The zero-order valence-electron chi connectivity index (χ0n) is 17.5. The molecule has 0 radical (unpaired) electrons. The van der Waals surface area contributed by atoms with E-state index in [1.165, 1.54) is 23.1 Å². The summed E-state index contributed by atoms with van der Waals surface area (Å²) in [5.41, 5.74) is 5.15. The minimum Gasteiger partial charge on any atom is -0.359 e. The van der Waals surface area contributed by atoms with Crippen molar-refractivity contribution < 1.29 is 4.79 Å². The largest absolute Gasteiger partial charge is 0.359 e. The van der Waals surface area contributed by atoms with E-state index in [0.29, 0.717) is 0 Å². The molecule has 2 atom stereocenters. The smallest absolute Gasteiger partial charge is 0.264 e. The Morgan fingerprint density at radius 3 is 2.77 bits per heavy atom. The Bertz CT molecular complexity index is 1230. The number of fused-ring (bicyclic) bond motifs is 2. The molecule has 2 N–H and O–H groups in total. The van der Waals surface area contributed by atoms with Gasteiger partial charge in [0.2, 0.25) is 0 Å². The fraction of sp³-hybridized carbons (Fsp3) is 0.333. The average molecular weight is 419 g/mol. The standard InChI is InChI=1S/C24H26N4OS/c1-14-11-17-12-18(7-8-19(17)26-14)27-20-9-10-25-21-13-22(30-23(20)21)24(29)28-15(2)5-4-6-16(28)3/h7-13,15-16,26H,4-6H2,1-3H3,(H,25,27). The molecule has 1 amide bonds. The third kappa shape index (κ3) is 3.35. The maximum atomic E-state index is 13.3. The van der Waals surface area contributed by atoms with Crippen molar-refractivity contribution in [1.82, 2.24) is 14.9 Å². The summed E-state index contributed by atoms with van der Waals surface area (Å²) >= 11 is 1.53. The van der Waals surface area contributed by atoms with E-state index < -0.39 is 0 Å². The number of nitrogens with one attached hydrogen (secondary N) is 2. The Kier molecular flexibility index (Phi) is 4.74. The van der Waals surface area contributed by atoms with Crippen LogP contribution in [0.5, 0.6) is 0 Å². The molecule has 3 aromatic heterocycles. The van der Waals surface area contributed by atoms with E-state index in [9.17, 15) is 4.79 Å². The summed E-state index contributed by atoms with van der Waals surface area (Å²) in [6, 6.07) is 12.9. The lowest BCUT2D eigenvalue weighted by atomic mass is 9.97. The zero-order chi connectivity index (χ0) is 20.8. The number of aryl methyl sites for hydroxylation is 1. The number of carbonyl (C=O) groups excluding carboxylic acids is 1. The van der Waals surface area contributed by atoms with Gasteiger partial charge in [0.25, 0.3) is 5.91 Å². The van der Waals surface area contributed by atoms with Crippen LogP contribution in [0.1, 0.15) is 48.5 Å². The lowest BCUT2D eigenvalue weighted by Crippen LogP contribution is -2.47. The number of amides is 1. The molecule has 1 saturated heterocycles. The number of hydrogen-bond acceptors (Lipinski definition) is 4. The molecule has 0 aliphatic carbocycles. The molecule has 4 heterocycles. The van der Waals surface area contributed by atoms with Gasteiger partial charge in [-0.3, -0.25) is 9.78 Å². The van der Waals surface area contributed by atoms with Crippen LogP contribution in [0.15, 0.2) is 42.6 Å². The Morgan fingerprint density at radius 2 is 1.97 bits per heavy atom. The molecule has 4 aromatic rings. The van der Waals surface area contributed by atoms with Gasteiger partial charge in [0.05, 0.1) is 20.8 Å². The summed E-state index contributed by atoms with van der Waals surface area (Å²) in [6.45, 7) is 6.38. The zero-order valence-corrected chi connectivity index (χ0v) is 18.3. The summed E-state index contributed by atoms with van der Waals surface area (Å²) in [5.74, 6) is 0.132. The number of rotatable bonds is 3. The van der Waals surface area contributed by atoms with Gasteiger partial charge < -0.3 is 15.2 Å². The number of anilines is 2. The van der Waals surface area contributed by atoms with Crippen LogP contribution in [0.4, 0.5) is 11.4 Å². The number of benzene rings is 1. The SMILES string of the molecule is Cc1cc2cc(Nc3ccnc4cc(C(=O)N5C(C)CCCC5C)sc34)ccc2[nH]1. The molecule has 30 heavy (non-hydrogen) atoms. The normalized spacial score (nSPS) is 19.5. The highest BCUT2D eigenvalue weighted by Crippen LogP contribution is 2.35. The highest BCUT2D eigenvalue weighted by Gasteiger charge is 2.30. The summed E-state index contributed by atoms with van der Waals surface area (Å²) in [6.07, 6.45) is 5.15. The maximum absolute atomic E-state index is 13.3. The molecule has 1 fully saturated rings. The van der Waals surface area contributed by atoms with Gasteiger partial charge in [-0.2, -0.15) is 0 Å². The van der Waals surface area contributed by atoms with Crippen molar-refractivity contribution in [3.05, 3.63) is 53.2 Å². The first kappa shape index (κ1) is 19.1. The number of likely N-dealkylation sites (tertiary alicyclic amines) is 1. The van der Waals surface area contributed by atoms with Crippen molar-refractivity contribution in [2.75, 3.05) is 5.32 Å². The minimum atomic E-state index is 0.132. The van der Waals surface area contributed by atoms with Crippen molar-refractivity contribution in [2.45, 2.75) is 52.1 Å².